The second-order valence-corrected chi connectivity index (χ2v) is 8.54. The first-order valence-electron chi connectivity index (χ1n) is 11.0. The molecular weight excluding hydrogens is 489 g/mol. The number of hydrogen-bond acceptors (Lipinski definition) is 6. The lowest BCUT2D eigenvalue weighted by Gasteiger charge is -2.26. The summed E-state index contributed by atoms with van der Waals surface area (Å²) in [4.78, 5) is 27.8. The molecule has 1 aliphatic heterocycles. The van der Waals surface area contributed by atoms with E-state index in [0.717, 1.165) is 16.5 Å². The Balaban J connectivity index is 2.01. The third-order valence-corrected chi connectivity index (χ3v) is 6.12. The summed E-state index contributed by atoms with van der Waals surface area (Å²) in [5.41, 5.74) is 1.31. The molecule has 1 atom stereocenters. The van der Waals surface area contributed by atoms with Gasteiger partial charge in [0.05, 0.1) is 35.9 Å². The van der Waals surface area contributed by atoms with E-state index in [2.05, 4.69) is 0 Å². The molecule has 7 nitrogen and oxygen atoms in total. The number of phenols is 1. The monoisotopic (exact) mass is 511 g/mol. The Bertz CT molecular complexity index is 1400. The molecule has 0 bridgehead atoms. The number of benzene rings is 3. The van der Waals surface area contributed by atoms with Crippen LogP contribution in [0.2, 0.25) is 5.02 Å². The average Bonchev–Trinajstić information content (AvgIpc) is 3.12. The third-order valence-electron chi connectivity index (χ3n) is 5.84. The van der Waals surface area contributed by atoms with Crippen LogP contribution in [0.1, 0.15) is 29.7 Å². The highest BCUT2D eigenvalue weighted by atomic mass is 35.5. The Hall–Kier alpha value is -4.04. The number of aliphatic hydroxyl groups excluding tert-OH is 1. The second kappa shape index (κ2) is 9.91. The number of ether oxygens (including phenoxy) is 2. The number of halogens is 2. The zero-order chi connectivity index (χ0) is 26.1. The Morgan fingerprint density at radius 3 is 2.50 bits per heavy atom. The molecule has 1 aliphatic rings. The second-order valence-electron chi connectivity index (χ2n) is 8.13. The van der Waals surface area contributed by atoms with E-state index in [1.54, 1.807) is 32.0 Å². The molecule has 186 valence electrons. The number of carbonyl (C=O) groups excluding carboxylic acids is 2. The number of aromatic hydroxyl groups is 1. The number of amides is 1. The summed E-state index contributed by atoms with van der Waals surface area (Å²) < 4.78 is 24.8. The summed E-state index contributed by atoms with van der Waals surface area (Å²) in [6.45, 7) is 3.80. The molecule has 36 heavy (non-hydrogen) atoms. The van der Waals surface area contributed by atoms with Crippen LogP contribution in [-0.4, -0.2) is 35.6 Å². The summed E-state index contributed by atoms with van der Waals surface area (Å²) in [7, 11) is 1.42. The van der Waals surface area contributed by atoms with E-state index in [9.17, 15) is 24.2 Å². The fraction of sp³-hybridized carbons (Fsp3) is 0.185. The topological polar surface area (TPSA) is 96.3 Å². The standard InChI is InChI=1S/C27H23ClFNO6/c1-4-36-22-12-15(6-9-20(22)31)24-23(25(32)17-11-14(2)5-10-21(17)35-3)26(33)27(34)30(24)16-7-8-19(29)18(28)13-16/h5-13,24,31-32H,4H2,1-3H3/b25-23+. The maximum absolute atomic E-state index is 13.9. The molecule has 1 heterocycles. The van der Waals surface area contributed by atoms with E-state index < -0.39 is 29.3 Å². The summed E-state index contributed by atoms with van der Waals surface area (Å²) in [6.07, 6.45) is 0. The van der Waals surface area contributed by atoms with E-state index in [4.69, 9.17) is 21.1 Å². The molecule has 3 aromatic rings. The van der Waals surface area contributed by atoms with Crippen molar-refractivity contribution in [1.82, 2.24) is 0 Å². The Kier molecular flexibility index (Phi) is 6.90. The van der Waals surface area contributed by atoms with Crippen molar-refractivity contribution in [1.29, 1.82) is 0 Å². The smallest absolute Gasteiger partial charge is 0.300 e. The molecule has 0 radical (unpaired) electrons. The highest BCUT2D eigenvalue weighted by Crippen LogP contribution is 2.45. The number of aryl methyl sites for hydroxylation is 1. The van der Waals surface area contributed by atoms with Crippen LogP contribution < -0.4 is 14.4 Å². The lowest BCUT2D eigenvalue weighted by Crippen LogP contribution is -2.29. The number of anilines is 1. The quantitative estimate of drug-likeness (QED) is 0.257. The fourth-order valence-corrected chi connectivity index (χ4v) is 4.35. The van der Waals surface area contributed by atoms with Gasteiger partial charge >= 0.3 is 0 Å². The number of methoxy groups -OCH3 is 1. The summed E-state index contributed by atoms with van der Waals surface area (Å²) in [6, 6.07) is 11.9. The minimum Gasteiger partial charge on any atom is -0.507 e. The molecule has 4 rings (SSSR count). The van der Waals surface area contributed by atoms with Gasteiger partial charge in [0.15, 0.2) is 11.5 Å². The van der Waals surface area contributed by atoms with Gasteiger partial charge in [-0.25, -0.2) is 4.39 Å². The van der Waals surface area contributed by atoms with Gasteiger partial charge < -0.3 is 19.7 Å². The molecule has 1 fully saturated rings. The van der Waals surface area contributed by atoms with Gasteiger partial charge in [-0.15, -0.1) is 0 Å². The number of carbonyl (C=O) groups is 2. The average molecular weight is 512 g/mol. The lowest BCUT2D eigenvalue weighted by atomic mass is 9.94. The predicted octanol–water partition coefficient (Wildman–Crippen LogP) is 5.53. The predicted molar refractivity (Wildman–Crippen MR) is 133 cm³/mol. The largest absolute Gasteiger partial charge is 0.507 e. The van der Waals surface area contributed by atoms with Gasteiger partial charge in [-0.05, 0) is 61.9 Å². The Morgan fingerprint density at radius 1 is 1.08 bits per heavy atom. The van der Waals surface area contributed by atoms with Crippen molar-refractivity contribution < 1.29 is 33.7 Å². The van der Waals surface area contributed by atoms with Crippen molar-refractivity contribution in [3.8, 4) is 17.2 Å². The van der Waals surface area contributed by atoms with Crippen LogP contribution in [0.25, 0.3) is 5.76 Å². The normalized spacial score (nSPS) is 16.9. The molecule has 0 aromatic heterocycles. The molecule has 0 spiro atoms. The summed E-state index contributed by atoms with van der Waals surface area (Å²) in [5, 5.41) is 21.4. The highest BCUT2D eigenvalue weighted by molar-refractivity contribution is 6.52. The number of aliphatic hydroxyl groups is 1. The lowest BCUT2D eigenvalue weighted by molar-refractivity contribution is -0.132. The van der Waals surface area contributed by atoms with E-state index in [1.165, 1.54) is 37.4 Å². The molecule has 1 saturated heterocycles. The minimum absolute atomic E-state index is 0.130. The van der Waals surface area contributed by atoms with Crippen LogP contribution in [-0.2, 0) is 9.59 Å². The van der Waals surface area contributed by atoms with Crippen LogP contribution in [0.4, 0.5) is 10.1 Å². The molecule has 9 heteroatoms. The van der Waals surface area contributed by atoms with Crippen molar-refractivity contribution in [3.63, 3.8) is 0 Å². The number of rotatable bonds is 6. The van der Waals surface area contributed by atoms with E-state index >= 15 is 0 Å². The van der Waals surface area contributed by atoms with E-state index in [-0.39, 0.29) is 40.0 Å². The number of phenolic OH excluding ortho intramolecular Hbond substituents is 1. The number of nitrogens with zero attached hydrogens (tertiary/aromatic N) is 1. The fourth-order valence-electron chi connectivity index (χ4n) is 4.17. The molecular formula is C27H23ClFNO6. The van der Waals surface area contributed by atoms with Crippen molar-refractivity contribution in [3.05, 3.63) is 87.7 Å². The molecule has 1 amide bonds. The van der Waals surface area contributed by atoms with Gasteiger partial charge in [0.1, 0.15) is 17.3 Å². The summed E-state index contributed by atoms with van der Waals surface area (Å²) in [5.74, 6) is -2.74. The molecule has 3 aromatic carbocycles. The van der Waals surface area contributed by atoms with Crippen LogP contribution >= 0.6 is 11.6 Å². The van der Waals surface area contributed by atoms with Gasteiger partial charge in [-0.3, -0.25) is 14.5 Å². The zero-order valence-corrected chi connectivity index (χ0v) is 20.5. The highest BCUT2D eigenvalue weighted by Gasteiger charge is 2.47. The van der Waals surface area contributed by atoms with E-state index in [1.807, 2.05) is 0 Å². The Labute approximate surface area is 212 Å². The van der Waals surface area contributed by atoms with Gasteiger partial charge in [0, 0.05) is 5.69 Å². The number of ketones is 1. The minimum atomic E-state index is -1.14. The Morgan fingerprint density at radius 2 is 1.83 bits per heavy atom. The van der Waals surface area contributed by atoms with E-state index in [0.29, 0.717) is 11.3 Å². The van der Waals surface area contributed by atoms with Crippen LogP contribution in [0.5, 0.6) is 17.2 Å². The third kappa shape index (κ3) is 4.35. The molecule has 2 N–H and O–H groups in total. The van der Waals surface area contributed by atoms with Crippen molar-refractivity contribution >= 4 is 34.7 Å². The maximum atomic E-state index is 13.9. The van der Waals surface area contributed by atoms with Crippen LogP contribution in [0.3, 0.4) is 0 Å². The van der Waals surface area contributed by atoms with Crippen LogP contribution in [0.15, 0.2) is 60.2 Å². The number of Topliss-reactive ketones (excluding diaryl/α,β-unsaturated/α-hetero) is 1. The van der Waals surface area contributed by atoms with Crippen molar-refractivity contribution in [2.45, 2.75) is 19.9 Å². The van der Waals surface area contributed by atoms with Gasteiger partial charge in [-0.1, -0.05) is 29.3 Å². The van der Waals surface area contributed by atoms with Gasteiger partial charge in [0.2, 0.25) is 0 Å². The molecule has 0 aliphatic carbocycles. The zero-order valence-electron chi connectivity index (χ0n) is 19.7. The van der Waals surface area contributed by atoms with Crippen molar-refractivity contribution in [2.75, 3.05) is 18.6 Å². The molecule has 0 saturated carbocycles. The first-order chi connectivity index (χ1) is 17.2. The first-order valence-corrected chi connectivity index (χ1v) is 11.4. The molecule has 1 unspecified atom stereocenters. The first kappa shape index (κ1) is 25.1. The van der Waals surface area contributed by atoms with Crippen molar-refractivity contribution in [2.24, 2.45) is 0 Å². The SMILES string of the molecule is CCOc1cc(C2/C(=C(\O)c3cc(C)ccc3OC)C(=O)C(=O)N2c2ccc(F)c(Cl)c2)ccc1O. The summed E-state index contributed by atoms with van der Waals surface area (Å²) >= 11 is 5.98. The maximum Gasteiger partial charge on any atom is 0.300 e. The van der Waals surface area contributed by atoms with Crippen LogP contribution in [0, 0.1) is 12.7 Å². The van der Waals surface area contributed by atoms with Gasteiger partial charge in [0.25, 0.3) is 11.7 Å². The number of hydrogen-bond donors (Lipinski definition) is 2. The van der Waals surface area contributed by atoms with Gasteiger partial charge in [-0.2, -0.15) is 0 Å².